The summed E-state index contributed by atoms with van der Waals surface area (Å²) in [5, 5.41) is 3.23. The van der Waals surface area contributed by atoms with Gasteiger partial charge in [0.15, 0.2) is 0 Å². The van der Waals surface area contributed by atoms with E-state index in [2.05, 4.69) is 31.2 Å². The number of nitrogens with zero attached hydrogens (tertiary/aromatic N) is 3. The first-order valence-corrected chi connectivity index (χ1v) is 6.95. The second-order valence-electron chi connectivity index (χ2n) is 3.58. The summed E-state index contributed by atoms with van der Waals surface area (Å²) in [4.78, 5) is 21.4. The topological polar surface area (TPSA) is 58.1 Å². The fourth-order valence-electron chi connectivity index (χ4n) is 1.49. The zero-order valence-electron chi connectivity index (χ0n) is 10.4. The largest absolute Gasteiger partial charge is 0.368 e. The molecule has 1 N–H and O–H groups in total. The molecule has 100 valence electrons. The van der Waals surface area contributed by atoms with Gasteiger partial charge < -0.3 is 10.2 Å². The van der Waals surface area contributed by atoms with Crippen LogP contribution in [-0.2, 0) is 4.79 Å². The number of rotatable bonds is 6. The minimum atomic E-state index is 0.128. The predicted molar refractivity (Wildman–Crippen MR) is 75.8 cm³/mol. The molecule has 1 rings (SSSR count). The molecule has 0 unspecified atom stereocenters. The molecule has 0 saturated carbocycles. The molecule has 18 heavy (non-hydrogen) atoms. The van der Waals surface area contributed by atoms with Gasteiger partial charge in [0.05, 0.1) is 4.47 Å². The zero-order chi connectivity index (χ0) is 13.5. The van der Waals surface area contributed by atoms with Crippen molar-refractivity contribution in [3.8, 4) is 0 Å². The second-order valence-corrected chi connectivity index (χ2v) is 4.77. The summed E-state index contributed by atoms with van der Waals surface area (Å²) in [6.45, 7) is 5.92. The lowest BCUT2D eigenvalue weighted by Gasteiger charge is -2.18. The number of nitrogens with one attached hydrogen (secondary N) is 1. The minimum absolute atomic E-state index is 0.128. The van der Waals surface area contributed by atoms with Crippen LogP contribution in [0.3, 0.4) is 0 Å². The number of anilines is 1. The molecule has 0 fully saturated rings. The maximum Gasteiger partial charge on any atom is 0.224 e. The van der Waals surface area contributed by atoms with Crippen molar-refractivity contribution < 1.29 is 4.79 Å². The van der Waals surface area contributed by atoms with Gasteiger partial charge in [-0.05, 0) is 41.4 Å². The Labute approximate surface area is 120 Å². The molecule has 0 spiro atoms. The number of carbonyl (C=O) groups excluding carboxylic acids is 1. The van der Waals surface area contributed by atoms with Gasteiger partial charge in [0.2, 0.25) is 11.2 Å². The first kappa shape index (κ1) is 15.2. The summed E-state index contributed by atoms with van der Waals surface area (Å²) in [5.74, 6) is 0.728. The van der Waals surface area contributed by atoms with Gasteiger partial charge in [-0.2, -0.15) is 4.98 Å². The molecule has 7 heteroatoms. The third-order valence-electron chi connectivity index (χ3n) is 2.46. The van der Waals surface area contributed by atoms with Gasteiger partial charge in [-0.3, -0.25) is 4.79 Å². The van der Waals surface area contributed by atoms with E-state index in [1.54, 1.807) is 11.1 Å². The van der Waals surface area contributed by atoms with Gasteiger partial charge >= 0.3 is 0 Å². The van der Waals surface area contributed by atoms with Crippen molar-refractivity contribution in [1.29, 1.82) is 0 Å². The van der Waals surface area contributed by atoms with Gasteiger partial charge in [-0.1, -0.05) is 0 Å². The van der Waals surface area contributed by atoms with Gasteiger partial charge in [-0.25, -0.2) is 4.98 Å². The van der Waals surface area contributed by atoms with Crippen molar-refractivity contribution in [1.82, 2.24) is 14.9 Å². The Balaban J connectivity index is 2.46. The van der Waals surface area contributed by atoms with Gasteiger partial charge in [0, 0.05) is 32.3 Å². The van der Waals surface area contributed by atoms with Crippen LogP contribution in [0.5, 0.6) is 0 Å². The monoisotopic (exact) mass is 334 g/mol. The minimum Gasteiger partial charge on any atom is -0.368 e. The molecule has 1 aromatic heterocycles. The highest BCUT2D eigenvalue weighted by molar-refractivity contribution is 9.10. The average Bonchev–Trinajstić information content (AvgIpc) is 2.35. The van der Waals surface area contributed by atoms with Crippen molar-refractivity contribution in [2.75, 3.05) is 25.0 Å². The van der Waals surface area contributed by atoms with Crippen LogP contribution >= 0.6 is 27.5 Å². The fraction of sp³-hybridized carbons (Fsp3) is 0.545. The van der Waals surface area contributed by atoms with Crippen LogP contribution < -0.4 is 5.32 Å². The molecule has 0 radical (unpaired) electrons. The maximum absolute atomic E-state index is 11.8. The highest BCUT2D eigenvalue weighted by atomic mass is 79.9. The van der Waals surface area contributed by atoms with Crippen molar-refractivity contribution in [2.24, 2.45) is 0 Å². The van der Waals surface area contributed by atoms with Gasteiger partial charge in [0.1, 0.15) is 5.82 Å². The molecule has 0 bridgehead atoms. The van der Waals surface area contributed by atoms with Gasteiger partial charge in [-0.15, -0.1) is 0 Å². The molecule has 0 atom stereocenters. The Morgan fingerprint density at radius 3 is 2.78 bits per heavy atom. The van der Waals surface area contributed by atoms with E-state index in [0.717, 1.165) is 17.6 Å². The molecule has 0 aromatic carbocycles. The summed E-state index contributed by atoms with van der Waals surface area (Å²) in [6, 6.07) is 0. The van der Waals surface area contributed by atoms with Crippen molar-refractivity contribution in [3.05, 3.63) is 16.0 Å². The van der Waals surface area contributed by atoms with Crippen LogP contribution in [0, 0.1) is 0 Å². The van der Waals surface area contributed by atoms with Crippen molar-refractivity contribution in [2.45, 2.75) is 20.3 Å². The van der Waals surface area contributed by atoms with E-state index in [1.807, 2.05) is 13.8 Å². The number of carbonyl (C=O) groups is 1. The van der Waals surface area contributed by atoms with E-state index in [9.17, 15) is 4.79 Å². The SMILES string of the molecule is CCN(CC)C(=O)CCNc1nc(Cl)ncc1Br. The summed E-state index contributed by atoms with van der Waals surface area (Å²) in [7, 11) is 0. The number of amides is 1. The Hall–Kier alpha value is -0.880. The molecule has 0 aliphatic rings. The number of halogens is 2. The van der Waals surface area contributed by atoms with Crippen LogP contribution in [0.1, 0.15) is 20.3 Å². The molecule has 0 saturated heterocycles. The van der Waals surface area contributed by atoms with Crippen molar-refractivity contribution >= 4 is 39.3 Å². The Bertz CT molecular complexity index is 412. The summed E-state index contributed by atoms with van der Waals surface area (Å²) >= 11 is 9.01. The smallest absolute Gasteiger partial charge is 0.224 e. The summed E-state index contributed by atoms with van der Waals surface area (Å²) < 4.78 is 0.724. The van der Waals surface area contributed by atoms with Crippen LogP contribution in [0.25, 0.3) is 0 Å². The summed E-state index contributed by atoms with van der Waals surface area (Å²) in [6.07, 6.45) is 2.00. The molecule has 5 nitrogen and oxygen atoms in total. The number of hydrogen-bond acceptors (Lipinski definition) is 4. The van der Waals surface area contributed by atoms with Crippen LogP contribution in [-0.4, -0.2) is 40.4 Å². The van der Waals surface area contributed by atoms with E-state index >= 15 is 0 Å². The predicted octanol–water partition coefficient (Wildman–Crippen LogP) is 2.56. The molecular weight excluding hydrogens is 320 g/mol. The van der Waals surface area contributed by atoms with E-state index in [0.29, 0.717) is 18.8 Å². The lowest BCUT2D eigenvalue weighted by molar-refractivity contribution is -0.130. The highest BCUT2D eigenvalue weighted by Gasteiger charge is 2.09. The first-order chi connectivity index (χ1) is 8.58. The standard InChI is InChI=1S/C11H16BrClN4O/c1-3-17(4-2)9(18)5-6-14-10-8(12)7-15-11(13)16-10/h7H,3-6H2,1-2H3,(H,14,15,16). The lowest BCUT2D eigenvalue weighted by Crippen LogP contribution is -2.31. The first-order valence-electron chi connectivity index (χ1n) is 5.78. The van der Waals surface area contributed by atoms with Crippen LogP contribution in [0.15, 0.2) is 10.7 Å². The Kier molecular flexibility index (Phi) is 6.35. The fourth-order valence-corrected chi connectivity index (χ4v) is 1.96. The van der Waals surface area contributed by atoms with Crippen molar-refractivity contribution in [3.63, 3.8) is 0 Å². The van der Waals surface area contributed by atoms with E-state index < -0.39 is 0 Å². The number of aromatic nitrogens is 2. The number of hydrogen-bond donors (Lipinski definition) is 1. The lowest BCUT2D eigenvalue weighted by atomic mass is 10.3. The highest BCUT2D eigenvalue weighted by Crippen LogP contribution is 2.19. The maximum atomic E-state index is 11.8. The second kappa shape index (κ2) is 7.53. The molecule has 0 aliphatic carbocycles. The van der Waals surface area contributed by atoms with Crippen LogP contribution in [0.2, 0.25) is 5.28 Å². The normalized spacial score (nSPS) is 10.2. The Morgan fingerprint density at radius 2 is 2.17 bits per heavy atom. The molecule has 1 aromatic rings. The summed E-state index contributed by atoms with van der Waals surface area (Å²) in [5.41, 5.74) is 0. The van der Waals surface area contributed by atoms with E-state index in [-0.39, 0.29) is 11.2 Å². The molecule has 0 aliphatic heterocycles. The van der Waals surface area contributed by atoms with Crippen LogP contribution in [0.4, 0.5) is 5.82 Å². The third kappa shape index (κ3) is 4.42. The van der Waals surface area contributed by atoms with E-state index in [1.165, 1.54) is 0 Å². The van der Waals surface area contributed by atoms with Gasteiger partial charge in [0.25, 0.3) is 0 Å². The van der Waals surface area contributed by atoms with E-state index in [4.69, 9.17) is 11.6 Å². The molecular formula is C11H16BrClN4O. The Morgan fingerprint density at radius 1 is 1.50 bits per heavy atom. The average molecular weight is 336 g/mol. The molecule has 1 amide bonds. The zero-order valence-corrected chi connectivity index (χ0v) is 12.8. The quantitative estimate of drug-likeness (QED) is 0.812. The molecule has 1 heterocycles. The third-order valence-corrected chi connectivity index (χ3v) is 3.22.